The summed E-state index contributed by atoms with van der Waals surface area (Å²) in [6.07, 6.45) is -8.68. The van der Waals surface area contributed by atoms with Gasteiger partial charge in [-0.2, -0.15) is 13.2 Å². The molecule has 0 unspecified atom stereocenters. The second kappa shape index (κ2) is 18.2. The third-order valence-corrected chi connectivity index (χ3v) is 19.0. The second-order valence-electron chi connectivity index (χ2n) is 15.8. The molecule has 5 aromatic rings. The van der Waals surface area contributed by atoms with Gasteiger partial charge in [0.15, 0.2) is 0 Å². The summed E-state index contributed by atoms with van der Waals surface area (Å²) in [4.78, 5) is 12.9. The molecule has 0 heterocycles. The summed E-state index contributed by atoms with van der Waals surface area (Å²) in [6, 6.07) is 40.3. The molecule has 0 radical (unpaired) electrons. The van der Waals surface area contributed by atoms with Crippen LogP contribution in [0.15, 0.2) is 140 Å². The van der Waals surface area contributed by atoms with Crippen molar-refractivity contribution in [3.63, 3.8) is 0 Å². The first kappa shape index (κ1) is 48.3. The summed E-state index contributed by atoms with van der Waals surface area (Å²) in [5.41, 5.74) is 1.61. The van der Waals surface area contributed by atoms with Gasteiger partial charge in [0, 0.05) is 0 Å². The molecule has 0 aromatic heterocycles. The number of ether oxygens (including phenoxy) is 1. The van der Waals surface area contributed by atoms with Crippen molar-refractivity contribution in [2.45, 2.75) is 73.8 Å². The minimum absolute atomic E-state index is 0.0253. The molecule has 5 rings (SSSR count). The van der Waals surface area contributed by atoms with Gasteiger partial charge in [-0.15, -0.1) is 0 Å². The number of halogens is 13. The number of ketones is 1. The summed E-state index contributed by atoms with van der Waals surface area (Å²) in [6.45, 7) is 3.15. The van der Waals surface area contributed by atoms with Crippen molar-refractivity contribution in [3.8, 4) is 5.75 Å². The van der Waals surface area contributed by atoms with Crippen LogP contribution in [-0.4, -0.2) is 62.4 Å². The van der Waals surface area contributed by atoms with Gasteiger partial charge in [0.1, 0.15) is 0 Å². The monoisotopic (exact) mass is 920 g/mol. The molecular weight excluding hydrogens is 879 g/mol. The molecule has 0 aliphatic carbocycles. The molecule has 0 fully saturated rings. The molecule has 2 nitrogen and oxygen atoms in total. The van der Waals surface area contributed by atoms with Crippen LogP contribution in [0.5, 0.6) is 5.75 Å². The molecule has 0 atom stereocenters. The van der Waals surface area contributed by atoms with E-state index >= 15 is 8.78 Å². The van der Waals surface area contributed by atoms with Crippen LogP contribution < -0.4 is 20.7 Å². The Bertz CT molecular complexity index is 2210. The maximum absolute atomic E-state index is 15.0. The molecule has 0 saturated carbocycles. The predicted molar refractivity (Wildman–Crippen MR) is 219 cm³/mol. The van der Waals surface area contributed by atoms with E-state index in [1.165, 1.54) is 13.1 Å². The SMILES string of the molecule is C[Si](C)(CCC(F)(F)C(F)(F)C(F)(F)C(F)(F)C(F)(F)C(F)(F)F)Cc1ccccc1[PH](CCCOc1ccc(C(=O)c2ccccc2)cc1)(c1ccccc1)c1ccccc1. The topological polar surface area (TPSA) is 26.3 Å². The number of benzene rings is 5. The molecule has 5 aromatic carbocycles. The van der Waals surface area contributed by atoms with Crippen LogP contribution in [0.3, 0.4) is 0 Å². The van der Waals surface area contributed by atoms with Crippen molar-refractivity contribution in [1.82, 2.24) is 0 Å². The Morgan fingerprint density at radius 3 is 1.52 bits per heavy atom. The zero-order chi connectivity index (χ0) is 45.8. The zero-order valence-electron chi connectivity index (χ0n) is 33.3. The molecule has 0 spiro atoms. The zero-order valence-corrected chi connectivity index (χ0v) is 35.3. The average Bonchev–Trinajstić information content (AvgIpc) is 3.23. The van der Waals surface area contributed by atoms with Gasteiger partial charge in [-0.3, -0.25) is 0 Å². The number of carbonyl (C=O) groups is 1. The van der Waals surface area contributed by atoms with Crippen LogP contribution in [0.1, 0.15) is 34.3 Å². The predicted octanol–water partition coefficient (Wildman–Crippen LogP) is 12.3. The van der Waals surface area contributed by atoms with E-state index in [0.717, 1.165) is 15.9 Å². The van der Waals surface area contributed by atoms with E-state index in [0.29, 0.717) is 35.0 Å². The molecule has 0 bridgehead atoms. The van der Waals surface area contributed by atoms with E-state index in [-0.39, 0.29) is 18.4 Å². The molecule has 0 saturated heterocycles. The van der Waals surface area contributed by atoms with Crippen molar-refractivity contribution in [2.24, 2.45) is 0 Å². The fourth-order valence-electron chi connectivity index (χ4n) is 7.48. The number of hydrogen-bond donors (Lipinski definition) is 0. The number of hydrogen-bond acceptors (Lipinski definition) is 2. The first-order valence-electron chi connectivity index (χ1n) is 19.3. The average molecular weight is 921 g/mol. The molecule has 17 heteroatoms. The van der Waals surface area contributed by atoms with Crippen LogP contribution in [0.25, 0.3) is 0 Å². The summed E-state index contributed by atoms with van der Waals surface area (Å²) < 4.78 is 187. The fourth-order valence-corrected chi connectivity index (χ4v) is 15.3. The van der Waals surface area contributed by atoms with E-state index < -0.39 is 63.6 Å². The van der Waals surface area contributed by atoms with Crippen LogP contribution >= 0.6 is 7.26 Å². The second-order valence-corrected chi connectivity index (χ2v) is 25.0. The van der Waals surface area contributed by atoms with Gasteiger partial charge in [-0.25, -0.2) is 0 Å². The van der Waals surface area contributed by atoms with Gasteiger partial charge in [0.25, 0.3) is 0 Å². The molecule has 0 aliphatic rings. The summed E-state index contributed by atoms with van der Waals surface area (Å²) in [5.74, 6) is -36.6. The van der Waals surface area contributed by atoms with E-state index in [4.69, 9.17) is 4.74 Å². The van der Waals surface area contributed by atoms with Crippen LogP contribution in [0.4, 0.5) is 57.1 Å². The Kier molecular flexibility index (Phi) is 14.2. The van der Waals surface area contributed by atoms with Crippen molar-refractivity contribution in [3.05, 3.63) is 156 Å². The van der Waals surface area contributed by atoms with Gasteiger partial charge in [0.2, 0.25) is 0 Å². The van der Waals surface area contributed by atoms with E-state index in [2.05, 4.69) is 0 Å². The summed E-state index contributed by atoms with van der Waals surface area (Å²) >= 11 is 0. The van der Waals surface area contributed by atoms with Gasteiger partial charge in [0.05, 0.1) is 0 Å². The van der Waals surface area contributed by atoms with Crippen LogP contribution in [0, 0.1) is 0 Å². The summed E-state index contributed by atoms with van der Waals surface area (Å²) in [5, 5.41) is 2.68. The normalized spacial score (nSPS) is 13.8. The molecule has 0 amide bonds. The molecular formula is C45H42F13O2PSi. The standard InChI is InChI=1S/C45H42F13O2PSi/c1-62(2,30-27-40(46,47)41(48,49)42(50,51)43(52,53)44(54,55)45(56,57)58)31-34-17-12-13-22-38(34)61(36-18-8-4-9-19-36,37-20-10-5-11-21-37)29-14-28-60-35-25-23-33(24-26-35)39(59)32-15-6-3-7-16-32/h3-13,15-26,61H,14,27-31H2,1-2H3. The van der Waals surface area contributed by atoms with Gasteiger partial charge >= 0.3 is 333 Å². The van der Waals surface area contributed by atoms with E-state index in [9.17, 15) is 53.1 Å². The number of rotatable bonds is 19. The van der Waals surface area contributed by atoms with Crippen molar-refractivity contribution in [1.29, 1.82) is 0 Å². The minimum atomic E-state index is -7.93. The van der Waals surface area contributed by atoms with E-state index in [1.807, 2.05) is 66.7 Å². The third kappa shape index (κ3) is 9.46. The fraction of sp³-hybridized carbons (Fsp3) is 0.311. The van der Waals surface area contributed by atoms with Gasteiger partial charge in [-0.05, 0) is 0 Å². The molecule has 334 valence electrons. The Morgan fingerprint density at radius 2 is 1.00 bits per heavy atom. The van der Waals surface area contributed by atoms with Crippen molar-refractivity contribution in [2.75, 3.05) is 12.8 Å². The van der Waals surface area contributed by atoms with E-state index in [1.54, 1.807) is 72.8 Å². The quantitative estimate of drug-likeness (QED) is 0.0271. The van der Waals surface area contributed by atoms with Gasteiger partial charge < -0.3 is 0 Å². The van der Waals surface area contributed by atoms with Crippen LogP contribution in [-0.2, 0) is 6.04 Å². The Labute approximate surface area is 351 Å². The molecule has 62 heavy (non-hydrogen) atoms. The van der Waals surface area contributed by atoms with Gasteiger partial charge in [-0.1, -0.05) is 6.07 Å². The molecule has 0 aliphatic heterocycles. The number of carbonyl (C=O) groups excluding carboxylic acids is 1. The van der Waals surface area contributed by atoms with Crippen molar-refractivity contribution >= 4 is 37.0 Å². The Balaban J connectivity index is 1.42. The van der Waals surface area contributed by atoms with Crippen molar-refractivity contribution < 1.29 is 66.6 Å². The number of alkyl halides is 13. The molecule has 0 N–H and O–H groups in total. The first-order valence-corrected chi connectivity index (χ1v) is 24.9. The Hall–Kier alpha value is -4.69. The maximum atomic E-state index is 15.0. The Morgan fingerprint density at radius 1 is 0.548 bits per heavy atom. The third-order valence-electron chi connectivity index (χ3n) is 10.9. The van der Waals surface area contributed by atoms with Crippen LogP contribution in [0.2, 0.25) is 19.1 Å². The first-order chi connectivity index (χ1) is 28.8. The summed E-state index contributed by atoms with van der Waals surface area (Å²) in [7, 11) is -6.49.